The summed E-state index contributed by atoms with van der Waals surface area (Å²) in [5, 5.41) is 9.39. The molecule has 0 saturated heterocycles. The van der Waals surface area contributed by atoms with Crippen molar-refractivity contribution in [2.75, 3.05) is 7.11 Å². The molecule has 10 heteroatoms. The molecule has 0 unspecified atom stereocenters. The van der Waals surface area contributed by atoms with Crippen LogP contribution >= 0.6 is 0 Å². The number of fused-ring (bicyclic) bond motifs is 1. The van der Waals surface area contributed by atoms with Crippen LogP contribution in [0.25, 0.3) is 10.9 Å². The van der Waals surface area contributed by atoms with Gasteiger partial charge in [0.05, 0.1) is 23.1 Å². The number of halogens is 3. The molecule has 1 heterocycles. The van der Waals surface area contributed by atoms with E-state index >= 15 is 0 Å². The van der Waals surface area contributed by atoms with Crippen LogP contribution < -0.4 is 4.74 Å². The van der Waals surface area contributed by atoms with Crippen molar-refractivity contribution in [2.24, 2.45) is 0 Å². The molecule has 3 rings (SSSR count). The van der Waals surface area contributed by atoms with E-state index in [2.05, 4.69) is 0 Å². The Bertz CT molecular complexity index is 1180. The predicted molar refractivity (Wildman–Crippen MR) is 98.5 cm³/mol. The third-order valence-electron chi connectivity index (χ3n) is 4.39. The van der Waals surface area contributed by atoms with Gasteiger partial charge in [0.1, 0.15) is 5.75 Å². The first-order chi connectivity index (χ1) is 13.5. The van der Waals surface area contributed by atoms with Crippen LogP contribution in [-0.2, 0) is 27.4 Å². The molecule has 0 fully saturated rings. The zero-order chi connectivity index (χ0) is 21.4. The Balaban J connectivity index is 2.19. The lowest BCUT2D eigenvalue weighted by molar-refractivity contribution is -0.138. The Labute approximate surface area is 164 Å². The number of benzene rings is 2. The van der Waals surface area contributed by atoms with Crippen LogP contribution in [0.4, 0.5) is 13.2 Å². The lowest BCUT2D eigenvalue weighted by Crippen LogP contribution is -2.14. The van der Waals surface area contributed by atoms with Crippen LogP contribution in [0.2, 0.25) is 0 Å². The number of aryl methyl sites for hydroxylation is 1. The van der Waals surface area contributed by atoms with Gasteiger partial charge < -0.3 is 9.84 Å². The standard InChI is InChI=1S/C19H16F3NO5S/c1-28-14-6-7-17-16(10-14)12(5-8-18(24)25)11-23(17)29(26,27)15-4-2-3-13(9-15)19(20,21)22/h2-4,6-7,9-11H,5,8H2,1H3,(H,24,25). The minimum absolute atomic E-state index is 0.0457. The van der Waals surface area contributed by atoms with Gasteiger partial charge in [-0.25, -0.2) is 12.4 Å². The highest BCUT2D eigenvalue weighted by molar-refractivity contribution is 7.90. The third-order valence-corrected chi connectivity index (χ3v) is 6.06. The van der Waals surface area contributed by atoms with Crippen molar-refractivity contribution in [1.82, 2.24) is 3.97 Å². The molecule has 0 aliphatic heterocycles. The SMILES string of the molecule is COc1ccc2c(c1)c(CCC(=O)O)cn2S(=O)(=O)c1cccc(C(F)(F)F)c1. The number of nitrogens with zero attached hydrogens (tertiary/aromatic N) is 1. The van der Waals surface area contributed by atoms with Gasteiger partial charge in [-0.05, 0) is 48.4 Å². The van der Waals surface area contributed by atoms with E-state index < -0.39 is 32.6 Å². The van der Waals surface area contributed by atoms with E-state index in [0.717, 1.165) is 22.2 Å². The second-order valence-corrected chi connectivity index (χ2v) is 8.07. The summed E-state index contributed by atoms with van der Waals surface area (Å²) in [5.41, 5.74) is -0.441. The summed E-state index contributed by atoms with van der Waals surface area (Å²) in [6.07, 6.45) is -3.64. The number of methoxy groups -OCH3 is 1. The molecule has 0 radical (unpaired) electrons. The first-order valence-corrected chi connectivity index (χ1v) is 9.80. The first kappa shape index (κ1) is 20.7. The lowest BCUT2D eigenvalue weighted by Gasteiger charge is -2.11. The number of aliphatic carboxylic acids is 1. The molecule has 29 heavy (non-hydrogen) atoms. The Morgan fingerprint density at radius 3 is 2.52 bits per heavy atom. The minimum atomic E-state index is -4.69. The Kier molecular flexibility index (Phi) is 5.31. The molecule has 154 valence electrons. The highest BCUT2D eigenvalue weighted by Crippen LogP contribution is 2.33. The molecule has 0 aliphatic carbocycles. The van der Waals surface area contributed by atoms with E-state index in [1.54, 1.807) is 6.07 Å². The minimum Gasteiger partial charge on any atom is -0.497 e. The summed E-state index contributed by atoms with van der Waals surface area (Å²) in [4.78, 5) is 10.4. The molecule has 0 bridgehead atoms. The van der Waals surface area contributed by atoms with Crippen LogP contribution in [0.1, 0.15) is 17.5 Å². The summed E-state index contributed by atoms with van der Waals surface area (Å²) >= 11 is 0. The van der Waals surface area contributed by atoms with Gasteiger partial charge in [-0.2, -0.15) is 13.2 Å². The smallest absolute Gasteiger partial charge is 0.416 e. The van der Waals surface area contributed by atoms with Gasteiger partial charge in [0.15, 0.2) is 0 Å². The zero-order valence-electron chi connectivity index (χ0n) is 15.1. The molecule has 0 saturated carbocycles. The van der Waals surface area contributed by atoms with E-state index in [1.165, 1.54) is 25.4 Å². The number of carboxylic acid groups (broad SMARTS) is 1. The van der Waals surface area contributed by atoms with Crippen molar-refractivity contribution < 1.29 is 36.2 Å². The van der Waals surface area contributed by atoms with Gasteiger partial charge in [-0.15, -0.1) is 0 Å². The highest BCUT2D eigenvalue weighted by atomic mass is 32.2. The van der Waals surface area contributed by atoms with Crippen molar-refractivity contribution in [2.45, 2.75) is 23.9 Å². The fourth-order valence-electron chi connectivity index (χ4n) is 2.96. The van der Waals surface area contributed by atoms with Gasteiger partial charge >= 0.3 is 12.1 Å². The van der Waals surface area contributed by atoms with Crippen LogP contribution in [-0.4, -0.2) is 30.6 Å². The first-order valence-electron chi connectivity index (χ1n) is 8.36. The maximum absolute atomic E-state index is 13.1. The number of carboxylic acids is 1. The topological polar surface area (TPSA) is 85.6 Å². The van der Waals surface area contributed by atoms with Crippen molar-refractivity contribution >= 4 is 26.9 Å². The average molecular weight is 427 g/mol. The van der Waals surface area contributed by atoms with Gasteiger partial charge in [0.2, 0.25) is 0 Å². The number of hydrogen-bond acceptors (Lipinski definition) is 4. The number of rotatable bonds is 6. The third kappa shape index (κ3) is 4.07. The molecule has 0 atom stereocenters. The van der Waals surface area contributed by atoms with Crippen LogP contribution in [0.15, 0.2) is 53.6 Å². The van der Waals surface area contributed by atoms with Crippen LogP contribution in [0.3, 0.4) is 0 Å². The van der Waals surface area contributed by atoms with Crippen LogP contribution in [0, 0.1) is 0 Å². The monoisotopic (exact) mass is 427 g/mol. The molecular weight excluding hydrogens is 411 g/mol. The summed E-state index contributed by atoms with van der Waals surface area (Å²) < 4.78 is 71.2. The summed E-state index contributed by atoms with van der Waals surface area (Å²) in [6.45, 7) is 0. The fourth-order valence-corrected chi connectivity index (χ4v) is 4.40. The summed E-state index contributed by atoms with van der Waals surface area (Å²) in [7, 11) is -2.93. The Hall–Kier alpha value is -3.01. The van der Waals surface area contributed by atoms with E-state index in [9.17, 15) is 26.4 Å². The van der Waals surface area contributed by atoms with E-state index in [-0.39, 0.29) is 18.4 Å². The van der Waals surface area contributed by atoms with Gasteiger partial charge in [-0.1, -0.05) is 6.07 Å². The average Bonchev–Trinajstić information content (AvgIpc) is 3.04. The molecule has 0 aliphatic rings. The second-order valence-electron chi connectivity index (χ2n) is 6.26. The largest absolute Gasteiger partial charge is 0.497 e. The number of aromatic nitrogens is 1. The van der Waals surface area contributed by atoms with Crippen molar-refractivity contribution in [3.8, 4) is 5.75 Å². The molecule has 1 aromatic heterocycles. The molecule has 2 aromatic carbocycles. The van der Waals surface area contributed by atoms with Crippen molar-refractivity contribution in [3.05, 3.63) is 59.8 Å². The summed E-state index contributed by atoms with van der Waals surface area (Å²) in [6, 6.07) is 8.00. The van der Waals surface area contributed by atoms with Gasteiger partial charge in [-0.3, -0.25) is 4.79 Å². The molecule has 1 N–H and O–H groups in total. The summed E-state index contributed by atoms with van der Waals surface area (Å²) in [5.74, 6) is -0.627. The number of ether oxygens (including phenoxy) is 1. The second kappa shape index (κ2) is 7.43. The molecule has 6 nitrogen and oxygen atoms in total. The van der Waals surface area contributed by atoms with E-state index in [0.29, 0.717) is 22.8 Å². The molecule has 0 spiro atoms. The molecular formula is C19H16F3NO5S. The Morgan fingerprint density at radius 1 is 1.17 bits per heavy atom. The zero-order valence-corrected chi connectivity index (χ0v) is 15.9. The number of alkyl halides is 3. The maximum atomic E-state index is 13.1. The quantitative estimate of drug-likeness (QED) is 0.645. The van der Waals surface area contributed by atoms with Gasteiger partial charge in [0, 0.05) is 18.0 Å². The van der Waals surface area contributed by atoms with Crippen LogP contribution in [0.5, 0.6) is 5.75 Å². The Morgan fingerprint density at radius 2 is 1.90 bits per heavy atom. The maximum Gasteiger partial charge on any atom is 0.416 e. The number of hydrogen-bond donors (Lipinski definition) is 1. The molecule has 3 aromatic rings. The lowest BCUT2D eigenvalue weighted by atomic mass is 10.1. The highest BCUT2D eigenvalue weighted by Gasteiger charge is 2.32. The van der Waals surface area contributed by atoms with Gasteiger partial charge in [0.25, 0.3) is 10.0 Å². The predicted octanol–water partition coefficient (Wildman–Crippen LogP) is 3.92. The normalized spacial score (nSPS) is 12.3. The van der Waals surface area contributed by atoms with E-state index in [4.69, 9.17) is 9.84 Å². The number of carbonyl (C=O) groups is 1. The molecule has 0 amide bonds. The van der Waals surface area contributed by atoms with Crippen molar-refractivity contribution in [1.29, 1.82) is 0 Å². The fraction of sp³-hybridized carbons (Fsp3) is 0.211. The van der Waals surface area contributed by atoms with E-state index in [1.807, 2.05) is 0 Å². The van der Waals surface area contributed by atoms with Crippen molar-refractivity contribution in [3.63, 3.8) is 0 Å².